The molecule has 0 N–H and O–H groups in total. The zero-order valence-corrected chi connectivity index (χ0v) is 12.4. The van der Waals surface area contributed by atoms with Gasteiger partial charge >= 0.3 is 0 Å². The van der Waals surface area contributed by atoms with Crippen LogP contribution in [0.3, 0.4) is 0 Å². The maximum absolute atomic E-state index is 11.0. The molecule has 0 aliphatic heterocycles. The van der Waals surface area contributed by atoms with Crippen LogP contribution in [-0.2, 0) is 0 Å². The lowest BCUT2D eigenvalue weighted by molar-refractivity contribution is 0.111. The van der Waals surface area contributed by atoms with E-state index in [1.165, 1.54) is 0 Å². The summed E-state index contributed by atoms with van der Waals surface area (Å²) in [5.74, 6) is 1.35. The second kappa shape index (κ2) is 7.17. The highest BCUT2D eigenvalue weighted by molar-refractivity contribution is 5.79. The fraction of sp³-hybridized carbons (Fsp3) is 0.562. The molecule has 1 aromatic carbocycles. The molecule has 3 nitrogen and oxygen atoms in total. The van der Waals surface area contributed by atoms with E-state index >= 15 is 0 Å². The molecule has 0 saturated heterocycles. The zero-order chi connectivity index (χ0) is 14.3. The number of rotatable bonds is 7. The second-order valence-electron chi connectivity index (χ2n) is 5.83. The molecule has 0 aromatic heterocycles. The molecular weight excluding hydrogens is 240 g/mol. The number of hydrogen-bond acceptors (Lipinski definition) is 3. The lowest BCUT2D eigenvalue weighted by Crippen LogP contribution is -2.11. The van der Waals surface area contributed by atoms with Gasteiger partial charge in [-0.3, -0.25) is 4.79 Å². The molecule has 0 aliphatic rings. The van der Waals surface area contributed by atoms with Crippen LogP contribution >= 0.6 is 0 Å². The molecule has 0 aliphatic carbocycles. The lowest BCUT2D eigenvalue weighted by atomic mass is 9.93. The number of aldehydes is 1. The van der Waals surface area contributed by atoms with Crippen LogP contribution in [-0.4, -0.2) is 19.5 Å². The maximum Gasteiger partial charge on any atom is 0.153 e. The van der Waals surface area contributed by atoms with Gasteiger partial charge in [0.1, 0.15) is 11.5 Å². The van der Waals surface area contributed by atoms with Crippen LogP contribution in [0.4, 0.5) is 0 Å². The number of hydrogen-bond donors (Lipinski definition) is 0. The minimum Gasteiger partial charge on any atom is -0.493 e. The van der Waals surface area contributed by atoms with Crippen molar-refractivity contribution in [3.63, 3.8) is 0 Å². The van der Waals surface area contributed by atoms with Gasteiger partial charge in [-0.1, -0.05) is 27.7 Å². The van der Waals surface area contributed by atoms with Crippen LogP contribution in [0.25, 0.3) is 0 Å². The van der Waals surface area contributed by atoms with E-state index in [1.807, 2.05) is 0 Å². The van der Waals surface area contributed by atoms with Crippen LogP contribution in [0.5, 0.6) is 11.5 Å². The third kappa shape index (κ3) is 5.77. The molecule has 0 heterocycles. The maximum atomic E-state index is 11.0. The van der Waals surface area contributed by atoms with E-state index in [0.717, 1.165) is 24.9 Å². The normalized spacial score (nSPS) is 11.2. The molecule has 0 atom stereocenters. The van der Waals surface area contributed by atoms with Crippen molar-refractivity contribution >= 4 is 6.29 Å². The Kier molecular flexibility index (Phi) is 5.87. The van der Waals surface area contributed by atoms with Crippen molar-refractivity contribution in [1.82, 2.24) is 0 Å². The van der Waals surface area contributed by atoms with E-state index in [9.17, 15) is 4.79 Å². The molecule has 0 radical (unpaired) electrons. The fourth-order valence-corrected chi connectivity index (χ4v) is 1.51. The zero-order valence-electron chi connectivity index (χ0n) is 12.4. The van der Waals surface area contributed by atoms with Gasteiger partial charge in [-0.15, -0.1) is 0 Å². The molecule has 1 rings (SSSR count). The Hall–Kier alpha value is -1.51. The van der Waals surface area contributed by atoms with Gasteiger partial charge in [-0.25, -0.2) is 0 Å². The first-order valence-corrected chi connectivity index (χ1v) is 6.81. The predicted molar refractivity (Wildman–Crippen MR) is 77.2 cm³/mol. The number of benzene rings is 1. The molecule has 3 heteroatoms. The highest BCUT2D eigenvalue weighted by Gasteiger charge is 2.11. The summed E-state index contributed by atoms with van der Waals surface area (Å²) in [5.41, 5.74) is 0.787. The van der Waals surface area contributed by atoms with Crippen molar-refractivity contribution in [2.24, 2.45) is 5.41 Å². The van der Waals surface area contributed by atoms with E-state index < -0.39 is 0 Å². The topological polar surface area (TPSA) is 35.5 Å². The summed E-state index contributed by atoms with van der Waals surface area (Å²) in [6.45, 7) is 9.82. The van der Waals surface area contributed by atoms with Crippen molar-refractivity contribution in [2.45, 2.75) is 40.5 Å². The molecule has 0 saturated carbocycles. The van der Waals surface area contributed by atoms with Crippen molar-refractivity contribution in [3.8, 4) is 11.5 Å². The van der Waals surface area contributed by atoms with Crippen LogP contribution in [0.1, 0.15) is 50.9 Å². The third-order valence-electron chi connectivity index (χ3n) is 2.69. The van der Waals surface area contributed by atoms with Gasteiger partial charge in [0.25, 0.3) is 0 Å². The predicted octanol–water partition coefficient (Wildman–Crippen LogP) is 4.10. The highest BCUT2D eigenvalue weighted by Crippen LogP contribution is 2.25. The quantitative estimate of drug-likeness (QED) is 0.695. The van der Waals surface area contributed by atoms with E-state index in [0.29, 0.717) is 24.5 Å². The number of ether oxygens (including phenoxy) is 2. The van der Waals surface area contributed by atoms with Crippen molar-refractivity contribution < 1.29 is 14.3 Å². The molecule has 0 fully saturated rings. The molecule has 19 heavy (non-hydrogen) atoms. The number of carbonyl (C=O) groups is 1. The van der Waals surface area contributed by atoms with Gasteiger partial charge < -0.3 is 9.47 Å². The van der Waals surface area contributed by atoms with Gasteiger partial charge in [0.15, 0.2) is 6.29 Å². The third-order valence-corrected chi connectivity index (χ3v) is 2.69. The molecule has 106 valence electrons. The molecule has 1 aromatic rings. The first kappa shape index (κ1) is 15.5. The Bertz CT molecular complexity index is 405. The molecular formula is C16H24O3. The fourth-order valence-electron chi connectivity index (χ4n) is 1.51. The van der Waals surface area contributed by atoms with Crippen molar-refractivity contribution in [1.29, 1.82) is 0 Å². The van der Waals surface area contributed by atoms with Gasteiger partial charge in [0, 0.05) is 6.07 Å². The summed E-state index contributed by atoms with van der Waals surface area (Å²) in [7, 11) is 0. The van der Waals surface area contributed by atoms with Crippen molar-refractivity contribution in [2.75, 3.05) is 13.2 Å². The lowest BCUT2D eigenvalue weighted by Gasteiger charge is -2.18. The van der Waals surface area contributed by atoms with Crippen LogP contribution in [0.2, 0.25) is 0 Å². The van der Waals surface area contributed by atoms with Gasteiger partial charge in [-0.05, 0) is 30.4 Å². The van der Waals surface area contributed by atoms with Crippen LogP contribution in [0, 0.1) is 5.41 Å². The second-order valence-corrected chi connectivity index (χ2v) is 5.83. The standard InChI is InChI=1S/C16H24O3/c1-5-9-18-14-7-6-13(12-17)15(11-14)19-10-8-16(2,3)4/h6-7,11-12H,5,8-10H2,1-4H3. The summed E-state index contributed by atoms with van der Waals surface area (Å²) in [4.78, 5) is 11.0. The smallest absolute Gasteiger partial charge is 0.153 e. The van der Waals surface area contributed by atoms with Gasteiger partial charge in [0.05, 0.1) is 18.8 Å². The van der Waals surface area contributed by atoms with E-state index in [1.54, 1.807) is 18.2 Å². The van der Waals surface area contributed by atoms with E-state index in [4.69, 9.17) is 9.47 Å². The van der Waals surface area contributed by atoms with E-state index in [2.05, 4.69) is 27.7 Å². The van der Waals surface area contributed by atoms with Crippen LogP contribution in [0.15, 0.2) is 18.2 Å². The first-order valence-electron chi connectivity index (χ1n) is 6.81. The SMILES string of the molecule is CCCOc1ccc(C=O)c(OCCC(C)(C)C)c1. The highest BCUT2D eigenvalue weighted by atomic mass is 16.5. The Morgan fingerprint density at radius 2 is 1.89 bits per heavy atom. The average molecular weight is 264 g/mol. The summed E-state index contributed by atoms with van der Waals surface area (Å²) in [6, 6.07) is 5.34. The minimum absolute atomic E-state index is 0.220. The Balaban J connectivity index is 2.70. The minimum atomic E-state index is 0.220. The summed E-state index contributed by atoms with van der Waals surface area (Å²) >= 11 is 0. The molecule has 0 spiro atoms. The average Bonchev–Trinajstić information content (AvgIpc) is 2.35. The first-order chi connectivity index (χ1) is 8.96. The molecule has 0 amide bonds. The van der Waals surface area contributed by atoms with Gasteiger partial charge in [0.2, 0.25) is 0 Å². The monoisotopic (exact) mass is 264 g/mol. The Morgan fingerprint density at radius 3 is 2.47 bits per heavy atom. The van der Waals surface area contributed by atoms with Crippen LogP contribution < -0.4 is 9.47 Å². The summed E-state index contributed by atoms with van der Waals surface area (Å²) in [6.07, 6.45) is 2.71. The van der Waals surface area contributed by atoms with Gasteiger partial charge in [-0.2, -0.15) is 0 Å². The largest absolute Gasteiger partial charge is 0.493 e. The number of carbonyl (C=O) groups excluding carboxylic acids is 1. The Morgan fingerprint density at radius 1 is 1.16 bits per heavy atom. The van der Waals surface area contributed by atoms with Crippen molar-refractivity contribution in [3.05, 3.63) is 23.8 Å². The summed E-state index contributed by atoms with van der Waals surface area (Å²) in [5, 5.41) is 0. The molecule has 0 unspecified atom stereocenters. The molecule has 0 bridgehead atoms. The van der Waals surface area contributed by atoms with E-state index in [-0.39, 0.29) is 5.41 Å². The Labute approximate surface area is 115 Å². The summed E-state index contributed by atoms with van der Waals surface area (Å²) < 4.78 is 11.3.